The van der Waals surface area contributed by atoms with Crippen LogP contribution in [-0.2, 0) is 4.79 Å². The smallest absolute Gasteiger partial charge is 0.253 e. The Hall–Kier alpha value is -0.910. The lowest BCUT2D eigenvalue weighted by Gasteiger charge is -2.30. The van der Waals surface area contributed by atoms with Crippen LogP contribution in [0.1, 0.15) is 36.0 Å². The van der Waals surface area contributed by atoms with E-state index in [1.165, 1.54) is 6.07 Å². The van der Waals surface area contributed by atoms with Crippen LogP contribution in [0.4, 0.5) is 0 Å². The Morgan fingerprint density at radius 2 is 1.96 bits per heavy atom. The zero-order chi connectivity index (χ0) is 17.5. The fourth-order valence-corrected chi connectivity index (χ4v) is 3.70. The summed E-state index contributed by atoms with van der Waals surface area (Å²) in [4.78, 5) is 27.1. The number of nitrogens with zero attached hydrogens (tertiary/aromatic N) is 1. The minimum atomic E-state index is -0.519. The maximum Gasteiger partial charge on any atom is 0.253 e. The Balaban J connectivity index is 2.09. The van der Waals surface area contributed by atoms with Crippen LogP contribution in [0.25, 0.3) is 0 Å². The van der Waals surface area contributed by atoms with Gasteiger partial charge in [0, 0.05) is 18.1 Å². The lowest BCUT2D eigenvalue weighted by Crippen LogP contribution is -2.50. The number of benzene rings is 1. The van der Waals surface area contributed by atoms with Gasteiger partial charge in [0.1, 0.15) is 6.04 Å². The van der Waals surface area contributed by atoms with Crippen molar-refractivity contribution in [2.75, 3.05) is 25.1 Å². The average Bonchev–Trinajstić information content (AvgIpc) is 2.58. The topological polar surface area (TPSA) is 49.4 Å². The van der Waals surface area contributed by atoms with Gasteiger partial charge in [0.25, 0.3) is 5.91 Å². The summed E-state index contributed by atoms with van der Waals surface area (Å²) in [6.07, 6.45) is 5.80. The summed E-state index contributed by atoms with van der Waals surface area (Å²) in [7, 11) is 0. The van der Waals surface area contributed by atoms with E-state index >= 15 is 0 Å². The third kappa shape index (κ3) is 5.30. The van der Waals surface area contributed by atoms with E-state index in [0.29, 0.717) is 17.0 Å². The fraction of sp³-hybridized carbons (Fsp3) is 0.529. The zero-order valence-electron chi connectivity index (χ0n) is 13.7. The van der Waals surface area contributed by atoms with Gasteiger partial charge < -0.3 is 10.2 Å². The predicted molar refractivity (Wildman–Crippen MR) is 101 cm³/mol. The van der Waals surface area contributed by atoms with Crippen molar-refractivity contribution in [3.8, 4) is 0 Å². The number of amides is 2. The van der Waals surface area contributed by atoms with Crippen molar-refractivity contribution in [1.29, 1.82) is 0 Å². The first-order valence-electron chi connectivity index (χ1n) is 8.06. The van der Waals surface area contributed by atoms with E-state index in [1.807, 2.05) is 11.2 Å². The SMILES string of the molecule is CSCC[C@H](NC(=O)c1ccc(Cl)cc1Cl)C(=O)N1CCCCC1. The molecule has 1 aromatic rings. The van der Waals surface area contributed by atoms with Gasteiger partial charge in [-0.3, -0.25) is 9.59 Å². The van der Waals surface area contributed by atoms with Crippen molar-refractivity contribution in [3.05, 3.63) is 33.8 Å². The lowest BCUT2D eigenvalue weighted by atomic mass is 10.1. The highest BCUT2D eigenvalue weighted by Crippen LogP contribution is 2.21. The normalized spacial score (nSPS) is 15.9. The molecule has 0 spiro atoms. The Morgan fingerprint density at radius 3 is 2.58 bits per heavy atom. The molecule has 0 saturated carbocycles. The van der Waals surface area contributed by atoms with Crippen LogP contribution in [-0.4, -0.2) is 47.9 Å². The molecule has 0 aliphatic carbocycles. The van der Waals surface area contributed by atoms with Crippen LogP contribution < -0.4 is 5.32 Å². The number of nitrogens with one attached hydrogen (secondary N) is 1. The molecule has 2 rings (SSSR count). The second-order valence-corrected chi connectivity index (χ2v) is 7.65. The predicted octanol–water partition coefficient (Wildman–Crippen LogP) is 3.86. The molecular weight excluding hydrogens is 367 g/mol. The summed E-state index contributed by atoms with van der Waals surface area (Å²) in [5.74, 6) is 0.467. The van der Waals surface area contributed by atoms with Crippen LogP contribution in [0.2, 0.25) is 10.0 Å². The van der Waals surface area contributed by atoms with E-state index in [0.717, 1.165) is 38.1 Å². The number of hydrogen-bond acceptors (Lipinski definition) is 3. The number of piperidine rings is 1. The van der Waals surface area contributed by atoms with E-state index in [-0.39, 0.29) is 16.8 Å². The highest BCUT2D eigenvalue weighted by Gasteiger charge is 2.27. The maximum absolute atomic E-state index is 12.8. The molecule has 1 aliphatic rings. The van der Waals surface area contributed by atoms with Crippen LogP contribution in [0.15, 0.2) is 18.2 Å². The average molecular weight is 389 g/mol. The van der Waals surface area contributed by atoms with E-state index < -0.39 is 6.04 Å². The molecule has 0 unspecified atom stereocenters. The fourth-order valence-electron chi connectivity index (χ4n) is 2.74. The Kier molecular flexibility index (Phi) is 7.72. The molecule has 132 valence electrons. The molecule has 1 N–H and O–H groups in total. The number of halogens is 2. The summed E-state index contributed by atoms with van der Waals surface area (Å²) < 4.78 is 0. The number of hydrogen-bond donors (Lipinski definition) is 1. The van der Waals surface area contributed by atoms with E-state index in [1.54, 1.807) is 23.9 Å². The monoisotopic (exact) mass is 388 g/mol. The van der Waals surface area contributed by atoms with Gasteiger partial charge in [0.05, 0.1) is 10.6 Å². The molecule has 1 atom stereocenters. The van der Waals surface area contributed by atoms with Gasteiger partial charge in [-0.1, -0.05) is 23.2 Å². The molecule has 7 heteroatoms. The minimum Gasteiger partial charge on any atom is -0.341 e. The van der Waals surface area contributed by atoms with Gasteiger partial charge >= 0.3 is 0 Å². The lowest BCUT2D eigenvalue weighted by molar-refractivity contribution is -0.134. The van der Waals surface area contributed by atoms with Gasteiger partial charge in [-0.05, 0) is 55.9 Å². The van der Waals surface area contributed by atoms with Crippen LogP contribution in [0, 0.1) is 0 Å². The Morgan fingerprint density at radius 1 is 1.25 bits per heavy atom. The number of likely N-dealkylation sites (tertiary alicyclic amines) is 1. The molecule has 1 heterocycles. The first kappa shape index (κ1) is 19.4. The van der Waals surface area contributed by atoms with Crippen molar-refractivity contribution in [1.82, 2.24) is 10.2 Å². The molecule has 24 heavy (non-hydrogen) atoms. The number of carbonyl (C=O) groups is 2. The van der Waals surface area contributed by atoms with Crippen molar-refractivity contribution in [2.24, 2.45) is 0 Å². The van der Waals surface area contributed by atoms with Crippen molar-refractivity contribution >= 4 is 46.8 Å². The summed E-state index contributed by atoms with van der Waals surface area (Å²) >= 11 is 13.6. The van der Waals surface area contributed by atoms with Gasteiger partial charge in [0.15, 0.2) is 0 Å². The number of carbonyl (C=O) groups excluding carboxylic acids is 2. The Bertz CT molecular complexity index is 592. The van der Waals surface area contributed by atoms with Gasteiger partial charge in [-0.25, -0.2) is 0 Å². The molecule has 0 aromatic heterocycles. The summed E-state index contributed by atoms with van der Waals surface area (Å²) in [5, 5.41) is 3.61. The first-order valence-corrected chi connectivity index (χ1v) is 10.2. The molecule has 0 radical (unpaired) electrons. The zero-order valence-corrected chi connectivity index (χ0v) is 16.0. The van der Waals surface area contributed by atoms with Crippen LogP contribution in [0.5, 0.6) is 0 Å². The first-order chi connectivity index (χ1) is 11.5. The Labute approximate surface area is 157 Å². The van der Waals surface area contributed by atoms with Crippen LogP contribution >= 0.6 is 35.0 Å². The quantitative estimate of drug-likeness (QED) is 0.804. The molecule has 0 bridgehead atoms. The molecular formula is C17H22Cl2N2O2S. The third-order valence-corrected chi connectivity index (χ3v) is 5.25. The van der Waals surface area contributed by atoms with E-state index in [9.17, 15) is 9.59 Å². The van der Waals surface area contributed by atoms with E-state index in [4.69, 9.17) is 23.2 Å². The molecule has 1 aromatic carbocycles. The standard InChI is InChI=1S/C17H22Cl2N2O2S/c1-24-10-7-15(17(23)21-8-3-2-4-9-21)20-16(22)13-6-5-12(18)11-14(13)19/h5-6,11,15H,2-4,7-10H2,1H3,(H,20,22)/t15-/m0/s1. The van der Waals surface area contributed by atoms with Crippen molar-refractivity contribution in [3.63, 3.8) is 0 Å². The summed E-state index contributed by atoms with van der Waals surface area (Å²) in [6, 6.07) is 4.21. The highest BCUT2D eigenvalue weighted by atomic mass is 35.5. The number of thioether (sulfide) groups is 1. The number of rotatable bonds is 6. The summed E-state index contributed by atoms with van der Waals surface area (Å²) in [6.45, 7) is 1.54. The van der Waals surface area contributed by atoms with E-state index in [2.05, 4.69) is 5.32 Å². The second kappa shape index (κ2) is 9.54. The minimum absolute atomic E-state index is 0.00202. The second-order valence-electron chi connectivity index (χ2n) is 5.82. The summed E-state index contributed by atoms with van der Waals surface area (Å²) in [5.41, 5.74) is 0.335. The largest absolute Gasteiger partial charge is 0.341 e. The molecule has 1 aliphatic heterocycles. The maximum atomic E-state index is 12.8. The van der Waals surface area contributed by atoms with Crippen LogP contribution in [0.3, 0.4) is 0 Å². The highest BCUT2D eigenvalue weighted by molar-refractivity contribution is 7.98. The van der Waals surface area contributed by atoms with Crippen molar-refractivity contribution in [2.45, 2.75) is 31.7 Å². The van der Waals surface area contributed by atoms with Gasteiger partial charge in [0.2, 0.25) is 5.91 Å². The molecule has 1 fully saturated rings. The molecule has 4 nitrogen and oxygen atoms in total. The van der Waals surface area contributed by atoms with Crippen molar-refractivity contribution < 1.29 is 9.59 Å². The molecule has 2 amide bonds. The van der Waals surface area contributed by atoms with Gasteiger partial charge in [-0.15, -0.1) is 0 Å². The molecule has 1 saturated heterocycles. The van der Waals surface area contributed by atoms with Gasteiger partial charge in [-0.2, -0.15) is 11.8 Å². The third-order valence-electron chi connectivity index (χ3n) is 4.06.